The predicted octanol–water partition coefficient (Wildman–Crippen LogP) is -0.171. The van der Waals surface area contributed by atoms with E-state index in [2.05, 4.69) is 15.0 Å². The first-order chi connectivity index (χ1) is 9.69. The molecule has 9 heteroatoms. The predicted molar refractivity (Wildman–Crippen MR) is 74.2 cm³/mol. The minimum atomic E-state index is -3.68. The number of nitrogens with zero attached hydrogens (tertiary/aromatic N) is 1. The molecule has 0 aliphatic carbocycles. The number of carbonyl (C=O) groups is 2. The van der Waals surface area contributed by atoms with Crippen molar-refractivity contribution in [3.63, 3.8) is 0 Å². The standard InChI is InChI=1S/C12H17N3O5S/c1-7(2)10(12(17)18)15-11(16)8-4-5-9(14-6-8)21(19,20)13-3/h4-7,10,13H,1-3H3,(H,15,16)(H,17,18)/t10-/m0/s1. The Morgan fingerprint density at radius 3 is 2.29 bits per heavy atom. The van der Waals surface area contributed by atoms with Crippen LogP contribution in [0.25, 0.3) is 0 Å². The van der Waals surface area contributed by atoms with Gasteiger partial charge in [0.1, 0.15) is 6.04 Å². The number of carbonyl (C=O) groups excluding carboxylic acids is 1. The van der Waals surface area contributed by atoms with Gasteiger partial charge in [-0.1, -0.05) is 13.8 Å². The van der Waals surface area contributed by atoms with Crippen LogP contribution in [0.1, 0.15) is 24.2 Å². The lowest BCUT2D eigenvalue weighted by atomic mass is 10.0. The van der Waals surface area contributed by atoms with Gasteiger partial charge in [0, 0.05) is 6.20 Å². The van der Waals surface area contributed by atoms with Crippen molar-refractivity contribution in [1.29, 1.82) is 0 Å². The van der Waals surface area contributed by atoms with E-state index in [1.807, 2.05) is 0 Å². The lowest BCUT2D eigenvalue weighted by Gasteiger charge is -2.17. The summed E-state index contributed by atoms with van der Waals surface area (Å²) < 4.78 is 25.1. The van der Waals surface area contributed by atoms with Gasteiger partial charge in [0.05, 0.1) is 5.56 Å². The SMILES string of the molecule is CNS(=O)(=O)c1ccc(C(=O)N[C@H](C(=O)O)C(C)C)cn1. The fraction of sp³-hybridized carbons (Fsp3) is 0.417. The highest BCUT2D eigenvalue weighted by Gasteiger charge is 2.24. The molecule has 0 radical (unpaired) electrons. The molecule has 0 aliphatic rings. The number of hydrogen-bond acceptors (Lipinski definition) is 5. The molecule has 0 aromatic carbocycles. The Balaban J connectivity index is 2.92. The molecule has 0 fully saturated rings. The zero-order valence-corrected chi connectivity index (χ0v) is 12.6. The van der Waals surface area contributed by atoms with Crippen molar-refractivity contribution >= 4 is 21.9 Å². The number of nitrogens with one attached hydrogen (secondary N) is 2. The van der Waals surface area contributed by atoms with Crippen LogP contribution >= 0.6 is 0 Å². The highest BCUT2D eigenvalue weighted by atomic mass is 32.2. The second-order valence-corrected chi connectivity index (χ2v) is 6.46. The van der Waals surface area contributed by atoms with E-state index >= 15 is 0 Å². The molecule has 1 atom stereocenters. The molecule has 21 heavy (non-hydrogen) atoms. The molecule has 1 amide bonds. The van der Waals surface area contributed by atoms with Crippen molar-refractivity contribution in [3.05, 3.63) is 23.9 Å². The van der Waals surface area contributed by atoms with Crippen molar-refractivity contribution in [1.82, 2.24) is 15.0 Å². The number of amides is 1. The molecule has 1 aromatic heterocycles. The zero-order chi connectivity index (χ0) is 16.2. The molecule has 3 N–H and O–H groups in total. The fourth-order valence-corrected chi connectivity index (χ4v) is 2.16. The first-order valence-corrected chi connectivity index (χ1v) is 7.60. The summed E-state index contributed by atoms with van der Waals surface area (Å²) in [5.74, 6) is -2.05. The van der Waals surface area contributed by atoms with Crippen molar-refractivity contribution in [3.8, 4) is 0 Å². The summed E-state index contributed by atoms with van der Waals surface area (Å²) in [6.07, 6.45) is 1.08. The molecule has 0 saturated carbocycles. The summed E-state index contributed by atoms with van der Waals surface area (Å²) in [5, 5.41) is 11.1. The molecule has 1 aromatic rings. The summed E-state index contributed by atoms with van der Waals surface area (Å²) >= 11 is 0. The van der Waals surface area contributed by atoms with Crippen molar-refractivity contribution in [2.75, 3.05) is 7.05 Å². The van der Waals surface area contributed by atoms with Crippen molar-refractivity contribution < 1.29 is 23.1 Å². The van der Waals surface area contributed by atoms with E-state index in [9.17, 15) is 18.0 Å². The van der Waals surface area contributed by atoms with Crippen LogP contribution in [0, 0.1) is 5.92 Å². The number of carboxylic acid groups (broad SMARTS) is 1. The summed E-state index contributed by atoms with van der Waals surface area (Å²) in [4.78, 5) is 26.6. The normalized spacial score (nSPS) is 13.0. The third-order valence-electron chi connectivity index (χ3n) is 2.76. The largest absolute Gasteiger partial charge is 0.480 e. The third-order valence-corrected chi connectivity index (χ3v) is 4.09. The lowest BCUT2D eigenvalue weighted by Crippen LogP contribution is -2.44. The van der Waals surface area contributed by atoms with Gasteiger partial charge in [-0.25, -0.2) is 22.9 Å². The highest BCUT2D eigenvalue weighted by Crippen LogP contribution is 2.08. The smallest absolute Gasteiger partial charge is 0.326 e. The Hall–Kier alpha value is -2.00. The second kappa shape index (κ2) is 6.64. The summed E-state index contributed by atoms with van der Waals surface area (Å²) in [7, 11) is -2.43. The van der Waals surface area contributed by atoms with Crippen LogP contribution in [0.3, 0.4) is 0 Å². The van der Waals surface area contributed by atoms with E-state index in [0.717, 1.165) is 6.20 Å². The Bertz CT molecular complexity index is 625. The van der Waals surface area contributed by atoms with Crippen LogP contribution in [0.4, 0.5) is 0 Å². The monoisotopic (exact) mass is 315 g/mol. The van der Waals surface area contributed by atoms with Gasteiger partial charge < -0.3 is 10.4 Å². The molecule has 1 rings (SSSR count). The van der Waals surface area contributed by atoms with Crippen LogP contribution < -0.4 is 10.0 Å². The van der Waals surface area contributed by atoms with Crippen LogP contribution in [0.5, 0.6) is 0 Å². The van der Waals surface area contributed by atoms with Gasteiger partial charge in [-0.05, 0) is 25.1 Å². The molecule has 1 heterocycles. The minimum Gasteiger partial charge on any atom is -0.480 e. The molecule has 0 aliphatic heterocycles. The van der Waals surface area contributed by atoms with Crippen LogP contribution in [-0.4, -0.2) is 43.5 Å². The van der Waals surface area contributed by atoms with Gasteiger partial charge in [0.25, 0.3) is 15.9 Å². The Morgan fingerprint density at radius 2 is 1.90 bits per heavy atom. The molecule has 0 bridgehead atoms. The third kappa shape index (κ3) is 4.23. The Labute approximate surface area is 122 Å². The Kier molecular flexibility index (Phi) is 5.39. The number of aliphatic carboxylic acids is 1. The number of sulfonamides is 1. The van der Waals surface area contributed by atoms with Crippen molar-refractivity contribution in [2.45, 2.75) is 24.9 Å². The first-order valence-electron chi connectivity index (χ1n) is 6.12. The van der Waals surface area contributed by atoms with Gasteiger partial charge in [-0.15, -0.1) is 0 Å². The maximum Gasteiger partial charge on any atom is 0.326 e. The zero-order valence-electron chi connectivity index (χ0n) is 11.8. The Morgan fingerprint density at radius 1 is 1.29 bits per heavy atom. The average Bonchev–Trinajstić information content (AvgIpc) is 2.43. The molecule has 0 unspecified atom stereocenters. The summed E-state index contributed by atoms with van der Waals surface area (Å²) in [5.41, 5.74) is 0.0805. The quantitative estimate of drug-likeness (QED) is 0.669. The van der Waals surface area contributed by atoms with Gasteiger partial charge in [0.15, 0.2) is 5.03 Å². The number of carboxylic acids is 1. The maximum absolute atomic E-state index is 11.9. The van der Waals surface area contributed by atoms with E-state index < -0.39 is 27.9 Å². The van der Waals surface area contributed by atoms with Gasteiger partial charge in [-0.3, -0.25) is 4.79 Å². The van der Waals surface area contributed by atoms with E-state index in [0.29, 0.717) is 0 Å². The van der Waals surface area contributed by atoms with E-state index in [1.54, 1.807) is 13.8 Å². The minimum absolute atomic E-state index is 0.0805. The molecule has 116 valence electrons. The summed E-state index contributed by atoms with van der Waals surface area (Å²) in [6, 6.07) is 1.41. The topological polar surface area (TPSA) is 125 Å². The first kappa shape index (κ1) is 17.1. The lowest BCUT2D eigenvalue weighted by molar-refractivity contribution is -0.140. The number of aromatic nitrogens is 1. The van der Waals surface area contributed by atoms with E-state index in [4.69, 9.17) is 5.11 Å². The van der Waals surface area contributed by atoms with Crippen molar-refractivity contribution in [2.24, 2.45) is 5.92 Å². The average molecular weight is 315 g/mol. The molecule has 0 spiro atoms. The molecule has 0 saturated heterocycles. The van der Waals surface area contributed by atoms with Gasteiger partial charge >= 0.3 is 5.97 Å². The van der Waals surface area contributed by atoms with Crippen LogP contribution in [0.15, 0.2) is 23.4 Å². The van der Waals surface area contributed by atoms with Crippen LogP contribution in [0.2, 0.25) is 0 Å². The van der Waals surface area contributed by atoms with Crippen LogP contribution in [-0.2, 0) is 14.8 Å². The molecular formula is C12H17N3O5S. The maximum atomic E-state index is 11.9. The number of pyridine rings is 1. The summed E-state index contributed by atoms with van der Waals surface area (Å²) in [6.45, 7) is 3.33. The van der Waals surface area contributed by atoms with Gasteiger partial charge in [-0.2, -0.15) is 0 Å². The number of hydrogen-bond donors (Lipinski definition) is 3. The fourth-order valence-electron chi connectivity index (χ4n) is 1.52. The second-order valence-electron chi connectivity index (χ2n) is 4.63. The molecular weight excluding hydrogens is 298 g/mol. The molecule has 8 nitrogen and oxygen atoms in total. The van der Waals surface area contributed by atoms with Gasteiger partial charge in [0.2, 0.25) is 0 Å². The number of rotatable bonds is 6. The highest BCUT2D eigenvalue weighted by molar-refractivity contribution is 7.89. The van der Waals surface area contributed by atoms with E-state index in [1.165, 1.54) is 19.2 Å². The van der Waals surface area contributed by atoms with E-state index in [-0.39, 0.29) is 16.5 Å².